The smallest absolute Gasteiger partial charge is 0.748 e. The fraction of sp³-hybridized carbons (Fsp3) is 0.500. The second kappa shape index (κ2) is 6.18. The summed E-state index contributed by atoms with van der Waals surface area (Å²) in [5, 5.41) is 2.49. The minimum absolute atomic E-state index is 0. The monoisotopic (exact) mass is 173 g/mol. The summed E-state index contributed by atoms with van der Waals surface area (Å²) in [7, 11) is -4.06. The van der Waals surface area contributed by atoms with Crippen molar-refractivity contribution >= 4 is 10.1 Å². The molecule has 4 nitrogen and oxygen atoms in total. The van der Waals surface area contributed by atoms with Crippen LogP contribution < -0.4 is 34.9 Å². The molecule has 54 valence electrons. The van der Waals surface area contributed by atoms with Gasteiger partial charge in [-0.25, -0.2) is 8.42 Å². The third kappa shape index (κ3) is 11.3. The van der Waals surface area contributed by atoms with E-state index >= 15 is 0 Å². The van der Waals surface area contributed by atoms with E-state index in [0.29, 0.717) is 0 Å². The Morgan fingerprint density at radius 3 is 2.40 bits per heavy atom. The molecule has 0 spiro atoms. The van der Waals surface area contributed by atoms with Gasteiger partial charge in [0.1, 0.15) is 0 Å². The van der Waals surface area contributed by atoms with Crippen molar-refractivity contribution in [1.29, 1.82) is 0 Å². The zero-order chi connectivity index (χ0) is 7.33. The predicted molar refractivity (Wildman–Crippen MR) is 32.8 cm³/mol. The summed E-state index contributed by atoms with van der Waals surface area (Å²) >= 11 is 0. The maximum atomic E-state index is 9.88. The summed E-state index contributed by atoms with van der Waals surface area (Å²) in [6, 6.07) is 0. The first-order chi connectivity index (χ1) is 4.06. The first kappa shape index (κ1) is 13.1. The topological polar surface area (TPSA) is 69.2 Å². The SMILES string of the molecule is C=CNCCS(=O)(=O)[O-].[Na+]. The van der Waals surface area contributed by atoms with E-state index in [1.165, 1.54) is 6.20 Å². The molecule has 0 aliphatic carbocycles. The molecule has 0 saturated heterocycles. The van der Waals surface area contributed by atoms with Crippen molar-refractivity contribution < 1.29 is 42.5 Å². The zero-order valence-electron chi connectivity index (χ0n) is 5.83. The fourth-order valence-corrected chi connectivity index (χ4v) is 0.654. The Morgan fingerprint density at radius 1 is 1.60 bits per heavy atom. The Hall–Kier alpha value is 0.450. The molecule has 0 aromatic rings. The number of hydrogen-bond donors (Lipinski definition) is 1. The summed E-state index contributed by atoms with van der Waals surface area (Å²) in [6.07, 6.45) is 1.34. The number of hydrogen-bond acceptors (Lipinski definition) is 4. The predicted octanol–water partition coefficient (Wildman–Crippen LogP) is -3.73. The Labute approximate surface area is 82.7 Å². The van der Waals surface area contributed by atoms with E-state index in [9.17, 15) is 13.0 Å². The molecule has 0 rings (SSSR count). The van der Waals surface area contributed by atoms with Gasteiger partial charge in [-0.05, 0) is 6.20 Å². The molecular weight excluding hydrogens is 165 g/mol. The van der Waals surface area contributed by atoms with Crippen LogP contribution in [0.5, 0.6) is 0 Å². The van der Waals surface area contributed by atoms with Crippen molar-refractivity contribution in [3.63, 3.8) is 0 Å². The van der Waals surface area contributed by atoms with E-state index in [2.05, 4.69) is 11.9 Å². The van der Waals surface area contributed by atoms with Crippen LogP contribution in [0, 0.1) is 0 Å². The molecule has 0 aromatic carbocycles. The fourth-order valence-electron chi connectivity index (χ4n) is 0.286. The quantitative estimate of drug-likeness (QED) is 0.269. The molecule has 6 heteroatoms. The molecule has 0 heterocycles. The molecule has 10 heavy (non-hydrogen) atoms. The Kier molecular flexibility index (Phi) is 8.08. The van der Waals surface area contributed by atoms with Gasteiger partial charge in [0.15, 0.2) is 0 Å². The van der Waals surface area contributed by atoms with Crippen LogP contribution in [0.15, 0.2) is 12.8 Å². The van der Waals surface area contributed by atoms with Crippen LogP contribution in [0.3, 0.4) is 0 Å². The van der Waals surface area contributed by atoms with Crippen LogP contribution in [0.25, 0.3) is 0 Å². The second-order valence-electron chi connectivity index (χ2n) is 1.42. The van der Waals surface area contributed by atoms with E-state index < -0.39 is 10.1 Å². The van der Waals surface area contributed by atoms with Gasteiger partial charge in [-0.2, -0.15) is 0 Å². The minimum atomic E-state index is -4.06. The molecule has 0 bridgehead atoms. The van der Waals surface area contributed by atoms with Crippen LogP contribution in [0.4, 0.5) is 0 Å². The third-order valence-electron chi connectivity index (χ3n) is 0.641. The summed E-state index contributed by atoms with van der Waals surface area (Å²) < 4.78 is 29.6. The maximum absolute atomic E-state index is 9.88. The van der Waals surface area contributed by atoms with Crippen molar-refractivity contribution in [2.75, 3.05) is 12.3 Å². The Bertz CT molecular complexity index is 177. The number of nitrogens with one attached hydrogen (secondary N) is 1. The van der Waals surface area contributed by atoms with Gasteiger partial charge in [-0.3, -0.25) is 0 Å². The van der Waals surface area contributed by atoms with Crippen molar-refractivity contribution in [3.05, 3.63) is 12.8 Å². The third-order valence-corrected chi connectivity index (χ3v) is 1.34. The van der Waals surface area contributed by atoms with E-state index in [0.717, 1.165) is 0 Å². The van der Waals surface area contributed by atoms with Gasteiger partial charge in [0.2, 0.25) is 0 Å². The van der Waals surface area contributed by atoms with Gasteiger partial charge < -0.3 is 9.87 Å². The van der Waals surface area contributed by atoms with Gasteiger partial charge in [-0.15, -0.1) is 0 Å². The second-order valence-corrected chi connectivity index (χ2v) is 2.94. The summed E-state index contributed by atoms with van der Waals surface area (Å²) in [5.41, 5.74) is 0. The van der Waals surface area contributed by atoms with Crippen LogP contribution in [-0.2, 0) is 10.1 Å². The van der Waals surface area contributed by atoms with Gasteiger partial charge in [0.25, 0.3) is 0 Å². The van der Waals surface area contributed by atoms with Gasteiger partial charge in [-0.1, -0.05) is 6.58 Å². The molecule has 0 atom stereocenters. The molecule has 0 amide bonds. The van der Waals surface area contributed by atoms with E-state index in [1.807, 2.05) is 0 Å². The molecule has 0 aliphatic rings. The van der Waals surface area contributed by atoms with Crippen molar-refractivity contribution in [2.24, 2.45) is 0 Å². The van der Waals surface area contributed by atoms with Gasteiger partial charge in [0.05, 0.1) is 15.9 Å². The summed E-state index contributed by atoms with van der Waals surface area (Å²) in [4.78, 5) is 0. The number of rotatable bonds is 4. The molecule has 0 fully saturated rings. The van der Waals surface area contributed by atoms with Crippen LogP contribution in [-0.4, -0.2) is 25.3 Å². The minimum Gasteiger partial charge on any atom is -0.748 e. The Morgan fingerprint density at radius 2 is 2.10 bits per heavy atom. The van der Waals surface area contributed by atoms with Crippen LogP contribution in [0.1, 0.15) is 0 Å². The average Bonchev–Trinajstić information content (AvgIpc) is 1.63. The molecule has 0 aromatic heterocycles. The van der Waals surface area contributed by atoms with Crippen molar-refractivity contribution in [2.45, 2.75) is 0 Å². The summed E-state index contributed by atoms with van der Waals surface area (Å²) in [5.74, 6) is -0.390. The largest absolute Gasteiger partial charge is 1.00 e. The molecule has 0 unspecified atom stereocenters. The van der Waals surface area contributed by atoms with E-state index in [-0.39, 0.29) is 41.9 Å². The summed E-state index contributed by atoms with van der Waals surface area (Å²) in [6.45, 7) is 3.41. The molecule has 0 saturated carbocycles. The molecule has 0 aliphatic heterocycles. The van der Waals surface area contributed by atoms with Crippen LogP contribution >= 0.6 is 0 Å². The van der Waals surface area contributed by atoms with Crippen LogP contribution in [0.2, 0.25) is 0 Å². The van der Waals surface area contributed by atoms with E-state index in [4.69, 9.17) is 0 Å². The first-order valence-corrected chi connectivity index (χ1v) is 3.92. The molecule has 0 radical (unpaired) electrons. The van der Waals surface area contributed by atoms with Crippen molar-refractivity contribution in [3.8, 4) is 0 Å². The zero-order valence-corrected chi connectivity index (χ0v) is 8.65. The molecule has 1 N–H and O–H groups in total. The standard InChI is InChI=1S/C4H9NO3S.Na/c1-2-5-3-4-9(6,7)8;/h2,5H,1,3-4H2,(H,6,7,8);/q;+1/p-1. The normalized spacial score (nSPS) is 9.70. The van der Waals surface area contributed by atoms with E-state index in [1.54, 1.807) is 0 Å². The van der Waals surface area contributed by atoms with Gasteiger partial charge in [0, 0.05) is 6.54 Å². The molecular formula is C4H8NNaO3S. The van der Waals surface area contributed by atoms with Crippen molar-refractivity contribution in [1.82, 2.24) is 5.32 Å². The maximum Gasteiger partial charge on any atom is 1.00 e. The average molecular weight is 173 g/mol. The Balaban J connectivity index is 0. The first-order valence-electron chi connectivity index (χ1n) is 2.34. The van der Waals surface area contributed by atoms with Gasteiger partial charge >= 0.3 is 29.6 Å².